The van der Waals surface area contributed by atoms with E-state index in [4.69, 9.17) is 4.74 Å². The number of amides is 1. The molecule has 0 aliphatic carbocycles. The van der Waals surface area contributed by atoms with Gasteiger partial charge in [0.1, 0.15) is 5.75 Å². The summed E-state index contributed by atoms with van der Waals surface area (Å²) in [7, 11) is 1.68. The highest BCUT2D eigenvalue weighted by Gasteiger charge is 2.10. The summed E-state index contributed by atoms with van der Waals surface area (Å²) in [6, 6.07) is 5.98. The van der Waals surface area contributed by atoms with Crippen LogP contribution in [-0.2, 0) is 17.8 Å². The van der Waals surface area contributed by atoms with Crippen LogP contribution in [0.2, 0.25) is 0 Å². The van der Waals surface area contributed by atoms with E-state index < -0.39 is 0 Å². The molecule has 146 valence electrons. The number of thiazole rings is 1. The fourth-order valence-corrected chi connectivity index (χ4v) is 3.33. The summed E-state index contributed by atoms with van der Waals surface area (Å²) < 4.78 is 5.49. The van der Waals surface area contributed by atoms with Crippen LogP contribution in [0, 0.1) is 6.92 Å². The number of nitrogens with one attached hydrogen (secondary N) is 1. The highest BCUT2D eigenvalue weighted by Crippen LogP contribution is 2.22. The average molecular weight is 389 g/mol. The molecule has 6 nitrogen and oxygen atoms in total. The van der Waals surface area contributed by atoms with Gasteiger partial charge in [0, 0.05) is 17.5 Å². The third kappa shape index (κ3) is 6.15. The van der Waals surface area contributed by atoms with Gasteiger partial charge in [0.2, 0.25) is 5.91 Å². The van der Waals surface area contributed by atoms with Crippen molar-refractivity contribution in [3.05, 3.63) is 45.4 Å². The second-order valence-corrected chi connectivity index (χ2v) is 7.32. The fourth-order valence-electron chi connectivity index (χ4n) is 2.72. The summed E-state index contributed by atoms with van der Waals surface area (Å²) in [5, 5.41) is 7.10. The second-order valence-electron chi connectivity index (χ2n) is 6.25. The van der Waals surface area contributed by atoms with Gasteiger partial charge in [0.15, 0.2) is 0 Å². The summed E-state index contributed by atoms with van der Waals surface area (Å²) in [5.41, 5.74) is 6.21. The van der Waals surface area contributed by atoms with Crippen LogP contribution in [-0.4, -0.2) is 41.7 Å². The number of aromatic nitrogens is 1. The molecule has 0 aliphatic rings. The summed E-state index contributed by atoms with van der Waals surface area (Å²) in [5.74, 6) is 0.693. The average Bonchev–Trinajstić information content (AvgIpc) is 3.08. The molecule has 0 saturated heterocycles. The summed E-state index contributed by atoms with van der Waals surface area (Å²) >= 11 is 1.54. The zero-order valence-electron chi connectivity index (χ0n) is 16.7. The molecule has 2 aromatic rings. The maximum atomic E-state index is 12.1. The predicted molar refractivity (Wildman–Crippen MR) is 111 cm³/mol. The maximum absolute atomic E-state index is 12.1. The molecule has 0 aliphatic heterocycles. The van der Waals surface area contributed by atoms with E-state index in [2.05, 4.69) is 40.3 Å². The second kappa shape index (κ2) is 10.2. The van der Waals surface area contributed by atoms with Crippen molar-refractivity contribution in [1.29, 1.82) is 0 Å². The molecule has 0 atom stereocenters. The molecular formula is C20H28N4O2S. The minimum atomic E-state index is -0.170. The molecule has 7 heteroatoms. The minimum absolute atomic E-state index is 0.170. The number of nitrogens with zero attached hydrogens (tertiary/aromatic N) is 3. The molecule has 0 fully saturated rings. The lowest BCUT2D eigenvalue weighted by Gasteiger charge is -2.20. The largest absolute Gasteiger partial charge is 0.496 e. The molecule has 27 heavy (non-hydrogen) atoms. The van der Waals surface area contributed by atoms with Gasteiger partial charge in [-0.05, 0) is 50.7 Å². The topological polar surface area (TPSA) is 66.8 Å². The van der Waals surface area contributed by atoms with Crippen LogP contribution in [0.5, 0.6) is 5.75 Å². The first-order valence-corrected chi connectivity index (χ1v) is 9.98. The van der Waals surface area contributed by atoms with E-state index in [1.165, 1.54) is 11.3 Å². The van der Waals surface area contributed by atoms with Crippen molar-refractivity contribution >= 4 is 23.0 Å². The van der Waals surface area contributed by atoms with Gasteiger partial charge in [-0.1, -0.05) is 13.8 Å². The van der Waals surface area contributed by atoms with Crippen molar-refractivity contribution in [1.82, 2.24) is 15.3 Å². The number of hydrogen-bond donors (Lipinski definition) is 1. The molecule has 2 rings (SSSR count). The molecule has 1 aromatic carbocycles. The molecule has 0 bridgehead atoms. The maximum Gasteiger partial charge on any atom is 0.246 e. The van der Waals surface area contributed by atoms with Gasteiger partial charge >= 0.3 is 0 Å². The molecule has 1 amide bonds. The normalized spacial score (nSPS) is 11.7. The molecular weight excluding hydrogens is 360 g/mol. The van der Waals surface area contributed by atoms with E-state index in [1.807, 2.05) is 31.4 Å². The molecule has 0 unspecified atom stereocenters. The van der Waals surface area contributed by atoms with Gasteiger partial charge in [0.05, 0.1) is 29.9 Å². The lowest BCUT2D eigenvalue weighted by atomic mass is 10.1. The zero-order valence-corrected chi connectivity index (χ0v) is 17.5. The Hall–Kier alpha value is -2.25. The van der Waals surface area contributed by atoms with Crippen molar-refractivity contribution in [2.75, 3.05) is 20.2 Å². The molecule has 1 N–H and O–H groups in total. The molecule has 0 spiro atoms. The first kappa shape index (κ1) is 21.1. The number of hydrazone groups is 1. The predicted octanol–water partition coefficient (Wildman–Crippen LogP) is 3.38. The number of aryl methyl sites for hydroxylation is 1. The summed E-state index contributed by atoms with van der Waals surface area (Å²) in [6.45, 7) is 10.9. The molecule has 1 heterocycles. The van der Waals surface area contributed by atoms with Crippen molar-refractivity contribution in [2.45, 2.75) is 40.7 Å². The third-order valence-corrected chi connectivity index (χ3v) is 5.17. The monoisotopic (exact) mass is 388 g/mol. The fraction of sp³-hybridized carbons (Fsp3) is 0.450. The van der Waals surface area contributed by atoms with Crippen LogP contribution in [0.3, 0.4) is 0 Å². The van der Waals surface area contributed by atoms with Crippen LogP contribution >= 0.6 is 11.3 Å². The first-order valence-electron chi connectivity index (χ1n) is 9.10. The van der Waals surface area contributed by atoms with Crippen LogP contribution in [0.25, 0.3) is 0 Å². The standard InChI is InChI=1S/C20H28N4O2S/c1-6-24(7-2)12-17-10-16(8-9-19(17)26-5)14(3)22-23-20(25)11-18-13-27-15(4)21-18/h8-10,13H,6-7,11-12H2,1-5H3,(H,23,25)/b22-14-. The molecule has 1 aromatic heterocycles. The highest BCUT2D eigenvalue weighted by molar-refractivity contribution is 7.09. The summed E-state index contributed by atoms with van der Waals surface area (Å²) in [6.07, 6.45) is 0.233. The van der Waals surface area contributed by atoms with Crippen molar-refractivity contribution in [3.8, 4) is 5.75 Å². The Balaban J connectivity index is 2.08. The Labute approximate surface area is 165 Å². The van der Waals surface area contributed by atoms with Gasteiger partial charge in [-0.3, -0.25) is 9.69 Å². The lowest BCUT2D eigenvalue weighted by Crippen LogP contribution is -2.23. The van der Waals surface area contributed by atoms with Gasteiger partial charge in [-0.25, -0.2) is 10.4 Å². The van der Waals surface area contributed by atoms with Gasteiger partial charge in [-0.15, -0.1) is 11.3 Å². The van der Waals surface area contributed by atoms with E-state index in [-0.39, 0.29) is 12.3 Å². The summed E-state index contributed by atoms with van der Waals surface area (Å²) in [4.78, 5) is 18.7. The van der Waals surface area contributed by atoms with E-state index in [1.54, 1.807) is 7.11 Å². The van der Waals surface area contributed by atoms with E-state index in [0.717, 1.165) is 52.9 Å². The SMILES string of the molecule is CCN(CC)Cc1cc(/C(C)=N\NC(=O)Cc2csc(C)n2)ccc1OC. The number of methoxy groups -OCH3 is 1. The quantitative estimate of drug-likeness (QED) is 0.528. The van der Waals surface area contributed by atoms with Crippen molar-refractivity contribution < 1.29 is 9.53 Å². The number of ether oxygens (including phenoxy) is 1. The first-order chi connectivity index (χ1) is 13.0. The van der Waals surface area contributed by atoms with E-state index >= 15 is 0 Å². The van der Waals surface area contributed by atoms with Crippen molar-refractivity contribution in [2.24, 2.45) is 5.10 Å². The van der Waals surface area contributed by atoms with Gasteiger partial charge < -0.3 is 4.74 Å². The number of carbonyl (C=O) groups excluding carboxylic acids is 1. The Morgan fingerprint density at radius 1 is 1.33 bits per heavy atom. The third-order valence-electron chi connectivity index (χ3n) is 4.34. The highest BCUT2D eigenvalue weighted by atomic mass is 32.1. The smallest absolute Gasteiger partial charge is 0.246 e. The van der Waals surface area contributed by atoms with Crippen LogP contribution in [0.1, 0.15) is 42.6 Å². The Bertz CT molecular complexity index is 797. The number of rotatable bonds is 9. The van der Waals surface area contributed by atoms with Crippen LogP contribution in [0.15, 0.2) is 28.7 Å². The Kier molecular flexibility index (Phi) is 7.94. The van der Waals surface area contributed by atoms with Gasteiger partial charge in [0.25, 0.3) is 0 Å². The Morgan fingerprint density at radius 2 is 2.07 bits per heavy atom. The van der Waals surface area contributed by atoms with Crippen LogP contribution in [0.4, 0.5) is 0 Å². The van der Waals surface area contributed by atoms with Crippen LogP contribution < -0.4 is 10.2 Å². The molecule has 0 radical (unpaired) electrons. The molecule has 0 saturated carbocycles. The minimum Gasteiger partial charge on any atom is -0.496 e. The van der Waals surface area contributed by atoms with E-state index in [9.17, 15) is 4.79 Å². The van der Waals surface area contributed by atoms with Crippen molar-refractivity contribution in [3.63, 3.8) is 0 Å². The lowest BCUT2D eigenvalue weighted by molar-refractivity contribution is -0.120. The van der Waals surface area contributed by atoms with E-state index in [0.29, 0.717) is 0 Å². The van der Waals surface area contributed by atoms with Gasteiger partial charge in [-0.2, -0.15) is 5.10 Å². The number of benzene rings is 1. The number of carbonyl (C=O) groups is 1. The zero-order chi connectivity index (χ0) is 19.8. The Morgan fingerprint density at radius 3 is 2.67 bits per heavy atom. The number of hydrogen-bond acceptors (Lipinski definition) is 6.